The Labute approximate surface area is 186 Å². The monoisotopic (exact) mass is 434 g/mol. The van der Waals surface area contributed by atoms with E-state index in [0.717, 1.165) is 0 Å². The highest BCUT2D eigenvalue weighted by Crippen LogP contribution is 2.76. The van der Waals surface area contributed by atoms with Crippen LogP contribution in [0.4, 0.5) is 0 Å². The van der Waals surface area contributed by atoms with Crippen LogP contribution in [0.5, 0.6) is 0 Å². The molecule has 0 aromatic heterocycles. The summed E-state index contributed by atoms with van der Waals surface area (Å²) < 4.78 is 10.4. The lowest BCUT2D eigenvalue weighted by atomic mass is 9.54. The first-order chi connectivity index (χ1) is 15.3. The summed E-state index contributed by atoms with van der Waals surface area (Å²) in [6.45, 7) is 2.99. The number of ether oxygens (including phenoxy) is 2. The van der Waals surface area contributed by atoms with Crippen LogP contribution in [-0.4, -0.2) is 43.7 Å². The summed E-state index contributed by atoms with van der Waals surface area (Å²) in [5.74, 6) is -3.03. The first-order valence-corrected chi connectivity index (χ1v) is 10.5. The zero-order valence-corrected chi connectivity index (χ0v) is 18.5. The number of ketones is 1. The number of benzene rings is 2. The second-order valence-corrected chi connectivity index (χ2v) is 8.81. The van der Waals surface area contributed by atoms with E-state index in [9.17, 15) is 19.5 Å². The van der Waals surface area contributed by atoms with E-state index < -0.39 is 46.5 Å². The van der Waals surface area contributed by atoms with Crippen LogP contribution in [0.15, 0.2) is 60.7 Å². The molecule has 4 rings (SSSR count). The molecular formula is C26H26O6. The van der Waals surface area contributed by atoms with Crippen molar-refractivity contribution >= 4 is 28.9 Å². The minimum atomic E-state index is -1.85. The molecule has 2 aromatic carbocycles. The lowest BCUT2D eigenvalue weighted by Crippen LogP contribution is -2.50. The van der Waals surface area contributed by atoms with Crippen molar-refractivity contribution in [2.24, 2.45) is 22.2 Å². The molecule has 6 heteroatoms. The van der Waals surface area contributed by atoms with Gasteiger partial charge in [0.25, 0.3) is 0 Å². The molecule has 2 bridgehead atoms. The van der Waals surface area contributed by atoms with Gasteiger partial charge in [0, 0.05) is 12.5 Å². The molecule has 0 spiro atoms. The van der Waals surface area contributed by atoms with Gasteiger partial charge in [-0.15, -0.1) is 0 Å². The minimum absolute atomic E-state index is 0.393. The third kappa shape index (κ3) is 2.30. The zero-order chi connectivity index (χ0) is 23.3. The Balaban J connectivity index is 2.28. The van der Waals surface area contributed by atoms with Crippen LogP contribution in [0.1, 0.15) is 25.0 Å². The molecule has 32 heavy (non-hydrogen) atoms. The van der Waals surface area contributed by atoms with Crippen LogP contribution in [0.2, 0.25) is 0 Å². The lowest BCUT2D eigenvalue weighted by molar-refractivity contribution is -0.158. The molecule has 3 atom stereocenters. The number of carbonyl (C=O) groups excluding carboxylic acids is 3. The second-order valence-electron chi connectivity index (χ2n) is 8.81. The predicted molar refractivity (Wildman–Crippen MR) is 118 cm³/mol. The van der Waals surface area contributed by atoms with Gasteiger partial charge in [-0.1, -0.05) is 74.5 Å². The number of rotatable bonds is 5. The number of carbonyl (C=O) groups is 3. The fraction of sp³-hybridized carbons (Fsp3) is 0.346. The first-order valence-electron chi connectivity index (χ1n) is 10.5. The quantitative estimate of drug-likeness (QED) is 0.574. The SMILES string of the molecule is COC(=O)[C@]12C(=O)[C@](C(=O)OC)(C(c3ccccc3)=C1c1ccccc1)C(C)(C)[C@H]2CO. The predicted octanol–water partition coefficient (Wildman–Crippen LogP) is 3.15. The number of fused-ring (bicyclic) bond motifs is 2. The van der Waals surface area contributed by atoms with Gasteiger partial charge in [0.1, 0.15) is 0 Å². The molecular weight excluding hydrogens is 408 g/mol. The molecule has 0 heterocycles. The van der Waals surface area contributed by atoms with Crippen molar-refractivity contribution in [3.63, 3.8) is 0 Å². The molecule has 2 aromatic rings. The summed E-state index contributed by atoms with van der Waals surface area (Å²) in [7, 11) is 2.45. The highest BCUT2D eigenvalue weighted by molar-refractivity contribution is 6.38. The van der Waals surface area contributed by atoms with E-state index in [1.54, 1.807) is 38.1 Å². The standard InChI is InChI=1S/C26H26O6/c1-24(2)18(15-27)25(22(29)31-3)19(16-11-7-5-8-12-16)20(17-13-9-6-10-14-17)26(24,21(25)28)23(30)32-4/h5-14,18,27H,15H2,1-4H3/t18-,25+,26+/m1/s1. The minimum Gasteiger partial charge on any atom is -0.468 e. The Bertz CT molecular complexity index is 1120. The fourth-order valence-electron chi connectivity index (χ4n) is 6.07. The largest absolute Gasteiger partial charge is 0.468 e. The van der Waals surface area contributed by atoms with Crippen LogP contribution in [-0.2, 0) is 23.9 Å². The van der Waals surface area contributed by atoms with Crippen molar-refractivity contribution in [3.8, 4) is 0 Å². The molecule has 1 N–H and O–H groups in total. The molecule has 0 amide bonds. The summed E-state index contributed by atoms with van der Waals surface area (Å²) in [5, 5.41) is 10.5. The number of hydrogen-bond acceptors (Lipinski definition) is 6. The second kappa shape index (κ2) is 7.41. The molecule has 0 radical (unpaired) electrons. The summed E-state index contributed by atoms with van der Waals surface area (Å²) in [6.07, 6.45) is 0. The van der Waals surface area contributed by atoms with E-state index >= 15 is 0 Å². The first kappa shape index (κ1) is 22.0. The topological polar surface area (TPSA) is 89.9 Å². The van der Waals surface area contributed by atoms with E-state index in [-0.39, 0.29) is 0 Å². The Hall–Kier alpha value is -3.25. The molecule has 0 unspecified atom stereocenters. The van der Waals surface area contributed by atoms with Gasteiger partial charge in [-0.05, 0) is 27.7 Å². The highest BCUT2D eigenvalue weighted by Gasteiger charge is 2.84. The summed E-state index contributed by atoms with van der Waals surface area (Å²) in [4.78, 5) is 41.5. The van der Waals surface area contributed by atoms with E-state index in [1.807, 2.05) is 36.4 Å². The van der Waals surface area contributed by atoms with Gasteiger partial charge in [0.2, 0.25) is 0 Å². The van der Waals surface area contributed by atoms with Crippen molar-refractivity contribution in [2.75, 3.05) is 20.8 Å². The number of methoxy groups -OCH3 is 2. The summed E-state index contributed by atoms with van der Waals surface area (Å²) >= 11 is 0. The molecule has 1 fully saturated rings. The van der Waals surface area contributed by atoms with E-state index in [0.29, 0.717) is 22.3 Å². The van der Waals surface area contributed by atoms with Crippen molar-refractivity contribution < 1.29 is 29.0 Å². The van der Waals surface area contributed by atoms with Crippen LogP contribution in [0, 0.1) is 22.2 Å². The molecule has 2 aliphatic rings. The lowest BCUT2D eigenvalue weighted by Gasteiger charge is -2.46. The number of Topliss-reactive ketones (excluding diaryl/α,β-unsaturated/α-hetero) is 1. The maximum absolute atomic E-state index is 14.4. The molecule has 166 valence electrons. The van der Waals surface area contributed by atoms with Gasteiger partial charge in [-0.3, -0.25) is 14.4 Å². The molecule has 0 saturated heterocycles. The van der Waals surface area contributed by atoms with Crippen molar-refractivity contribution in [1.82, 2.24) is 0 Å². The maximum Gasteiger partial charge on any atom is 0.324 e. The Morgan fingerprint density at radius 3 is 1.75 bits per heavy atom. The van der Waals surface area contributed by atoms with Gasteiger partial charge in [-0.25, -0.2) is 0 Å². The van der Waals surface area contributed by atoms with Gasteiger partial charge < -0.3 is 14.6 Å². The van der Waals surface area contributed by atoms with Crippen molar-refractivity contribution in [1.29, 1.82) is 0 Å². The summed E-state index contributed by atoms with van der Waals surface area (Å²) in [5.41, 5.74) is -2.70. The van der Waals surface area contributed by atoms with Gasteiger partial charge in [-0.2, -0.15) is 0 Å². The van der Waals surface area contributed by atoms with E-state index in [2.05, 4.69) is 0 Å². The van der Waals surface area contributed by atoms with Crippen molar-refractivity contribution in [2.45, 2.75) is 13.8 Å². The Morgan fingerprint density at radius 2 is 1.31 bits per heavy atom. The van der Waals surface area contributed by atoms with Crippen molar-refractivity contribution in [3.05, 3.63) is 71.8 Å². The highest BCUT2D eigenvalue weighted by atomic mass is 16.5. The third-order valence-electron chi connectivity index (χ3n) is 7.38. The number of esters is 2. The van der Waals surface area contributed by atoms with Crippen LogP contribution >= 0.6 is 0 Å². The third-order valence-corrected chi connectivity index (χ3v) is 7.38. The van der Waals surface area contributed by atoms with E-state index in [1.165, 1.54) is 14.2 Å². The van der Waals surface area contributed by atoms with Gasteiger partial charge >= 0.3 is 11.9 Å². The van der Waals surface area contributed by atoms with Crippen LogP contribution < -0.4 is 0 Å². The molecule has 0 aliphatic heterocycles. The number of aliphatic hydroxyl groups excluding tert-OH is 1. The van der Waals surface area contributed by atoms with E-state index in [4.69, 9.17) is 9.47 Å². The number of aliphatic hydroxyl groups is 1. The van der Waals surface area contributed by atoms with Crippen LogP contribution in [0.25, 0.3) is 11.1 Å². The Kier molecular flexibility index (Phi) is 5.09. The molecule has 6 nitrogen and oxygen atoms in total. The average Bonchev–Trinajstić information content (AvgIpc) is 3.15. The van der Waals surface area contributed by atoms with Crippen LogP contribution in [0.3, 0.4) is 0 Å². The Morgan fingerprint density at radius 1 is 0.844 bits per heavy atom. The fourth-order valence-corrected chi connectivity index (χ4v) is 6.07. The smallest absolute Gasteiger partial charge is 0.324 e. The number of hydrogen-bond donors (Lipinski definition) is 1. The van der Waals surface area contributed by atoms with Gasteiger partial charge in [0.15, 0.2) is 16.6 Å². The zero-order valence-electron chi connectivity index (χ0n) is 18.5. The molecule has 1 saturated carbocycles. The maximum atomic E-state index is 14.4. The molecule has 2 aliphatic carbocycles. The van der Waals surface area contributed by atoms with Gasteiger partial charge in [0.05, 0.1) is 14.2 Å². The average molecular weight is 434 g/mol. The summed E-state index contributed by atoms with van der Waals surface area (Å²) in [6, 6.07) is 18.1. The normalized spacial score (nSPS) is 28.0.